The van der Waals surface area contributed by atoms with Gasteiger partial charge < -0.3 is 25.2 Å². The van der Waals surface area contributed by atoms with Crippen molar-refractivity contribution in [3.63, 3.8) is 0 Å². The van der Waals surface area contributed by atoms with Crippen molar-refractivity contribution < 1.29 is 19.7 Å². The zero-order valence-corrected chi connectivity index (χ0v) is 14.0. The number of nitrogens with zero attached hydrogens (tertiary/aromatic N) is 1. The lowest BCUT2D eigenvalue weighted by atomic mass is 10.2. The van der Waals surface area contributed by atoms with Crippen LogP contribution in [0, 0.1) is 0 Å². The highest BCUT2D eigenvalue weighted by Crippen LogP contribution is 2.25. The summed E-state index contributed by atoms with van der Waals surface area (Å²) in [4.78, 5) is 14.0. The van der Waals surface area contributed by atoms with Crippen LogP contribution in [0.1, 0.15) is 39.2 Å². The van der Waals surface area contributed by atoms with Gasteiger partial charge in [0.15, 0.2) is 11.5 Å². The molecule has 2 rings (SSSR count). The third-order valence-corrected chi connectivity index (χ3v) is 3.75. The van der Waals surface area contributed by atoms with Gasteiger partial charge in [-0.15, -0.1) is 0 Å². The smallest absolute Gasteiger partial charge is 0.410 e. The number of ether oxygens (including phenoxy) is 1. The maximum Gasteiger partial charge on any atom is 0.410 e. The van der Waals surface area contributed by atoms with Gasteiger partial charge in [-0.25, -0.2) is 4.79 Å². The Bertz CT molecular complexity index is 554. The van der Waals surface area contributed by atoms with Crippen molar-refractivity contribution in [1.82, 2.24) is 10.2 Å². The number of aromatic hydroxyl groups is 2. The minimum absolute atomic E-state index is 0.121. The van der Waals surface area contributed by atoms with Gasteiger partial charge in [-0.3, -0.25) is 0 Å². The average molecular weight is 322 g/mol. The summed E-state index contributed by atoms with van der Waals surface area (Å²) in [5, 5.41) is 22.1. The molecular weight excluding hydrogens is 296 g/mol. The molecule has 1 aliphatic heterocycles. The number of rotatable bonds is 4. The maximum atomic E-state index is 12.2. The highest BCUT2D eigenvalue weighted by Gasteiger charge is 2.31. The first kappa shape index (κ1) is 17.4. The quantitative estimate of drug-likeness (QED) is 0.742. The lowest BCUT2D eigenvalue weighted by molar-refractivity contribution is 0.0226. The third-order valence-electron chi connectivity index (χ3n) is 3.75. The maximum absolute atomic E-state index is 12.2. The zero-order valence-electron chi connectivity index (χ0n) is 14.0. The number of carbonyl (C=O) groups is 1. The van der Waals surface area contributed by atoms with Crippen LogP contribution in [-0.2, 0) is 11.3 Å². The minimum atomic E-state index is -0.485. The van der Waals surface area contributed by atoms with Gasteiger partial charge in [0.1, 0.15) is 5.60 Å². The fourth-order valence-corrected chi connectivity index (χ4v) is 2.67. The average Bonchev–Trinajstić information content (AvgIpc) is 2.89. The molecule has 1 saturated heterocycles. The lowest BCUT2D eigenvalue weighted by Gasteiger charge is -2.28. The molecule has 3 N–H and O–H groups in total. The predicted molar refractivity (Wildman–Crippen MR) is 87.4 cm³/mol. The third kappa shape index (κ3) is 5.03. The van der Waals surface area contributed by atoms with E-state index in [4.69, 9.17) is 4.74 Å². The molecular formula is C17H26N2O4. The summed E-state index contributed by atoms with van der Waals surface area (Å²) in [6.45, 7) is 7.55. The monoisotopic (exact) mass is 322 g/mol. The van der Waals surface area contributed by atoms with Gasteiger partial charge in [0.2, 0.25) is 0 Å². The summed E-state index contributed by atoms with van der Waals surface area (Å²) in [7, 11) is 0. The van der Waals surface area contributed by atoms with Crippen molar-refractivity contribution in [3.8, 4) is 11.5 Å². The molecule has 0 bridgehead atoms. The van der Waals surface area contributed by atoms with Crippen LogP contribution >= 0.6 is 0 Å². The van der Waals surface area contributed by atoms with Gasteiger partial charge >= 0.3 is 6.09 Å². The molecule has 1 unspecified atom stereocenters. The first-order chi connectivity index (χ1) is 10.8. The normalized spacial score (nSPS) is 18.2. The molecule has 6 heteroatoms. The Morgan fingerprint density at radius 2 is 2.09 bits per heavy atom. The minimum Gasteiger partial charge on any atom is -0.504 e. The van der Waals surface area contributed by atoms with Crippen LogP contribution in [0.4, 0.5) is 4.79 Å². The Balaban J connectivity index is 1.84. The Hall–Kier alpha value is -1.95. The van der Waals surface area contributed by atoms with Crippen molar-refractivity contribution in [2.24, 2.45) is 0 Å². The molecule has 0 aliphatic carbocycles. The molecule has 128 valence electrons. The topological polar surface area (TPSA) is 82.0 Å². The molecule has 1 aromatic carbocycles. The summed E-state index contributed by atoms with van der Waals surface area (Å²) >= 11 is 0. The molecule has 23 heavy (non-hydrogen) atoms. The largest absolute Gasteiger partial charge is 0.504 e. The molecule has 0 saturated carbocycles. The molecule has 1 fully saturated rings. The fraction of sp³-hybridized carbons (Fsp3) is 0.588. The van der Waals surface area contributed by atoms with Gasteiger partial charge in [0, 0.05) is 25.7 Å². The van der Waals surface area contributed by atoms with E-state index in [1.807, 2.05) is 20.8 Å². The number of hydrogen-bond acceptors (Lipinski definition) is 5. The van der Waals surface area contributed by atoms with Crippen molar-refractivity contribution in [2.45, 2.75) is 51.8 Å². The molecule has 1 atom stereocenters. The number of phenols is 2. The first-order valence-corrected chi connectivity index (χ1v) is 7.97. The van der Waals surface area contributed by atoms with Crippen molar-refractivity contribution in [1.29, 1.82) is 0 Å². The zero-order chi connectivity index (χ0) is 17.0. The predicted octanol–water partition coefficient (Wildman–Crippen LogP) is 2.59. The molecule has 0 spiro atoms. The molecule has 1 aliphatic rings. The second-order valence-corrected chi connectivity index (χ2v) is 6.92. The van der Waals surface area contributed by atoms with E-state index in [9.17, 15) is 15.0 Å². The Kier molecular flexibility index (Phi) is 5.36. The van der Waals surface area contributed by atoms with E-state index in [1.54, 1.807) is 11.0 Å². The number of benzene rings is 1. The van der Waals surface area contributed by atoms with Crippen LogP contribution in [0.15, 0.2) is 18.2 Å². The SMILES string of the molecule is CC(C)(C)OC(=O)N1CCCC1CNCc1ccc(O)c(O)c1. The van der Waals surface area contributed by atoms with Gasteiger partial charge in [0.25, 0.3) is 0 Å². The summed E-state index contributed by atoms with van der Waals surface area (Å²) < 4.78 is 5.44. The van der Waals surface area contributed by atoms with Crippen LogP contribution in [0.25, 0.3) is 0 Å². The number of hydrogen-bond donors (Lipinski definition) is 3. The highest BCUT2D eigenvalue weighted by atomic mass is 16.6. The Morgan fingerprint density at radius 3 is 2.74 bits per heavy atom. The second-order valence-electron chi connectivity index (χ2n) is 6.92. The molecule has 1 heterocycles. The lowest BCUT2D eigenvalue weighted by Crippen LogP contribution is -2.44. The van der Waals surface area contributed by atoms with Crippen LogP contribution < -0.4 is 5.32 Å². The summed E-state index contributed by atoms with van der Waals surface area (Å²) in [6.07, 6.45) is 1.67. The highest BCUT2D eigenvalue weighted by molar-refractivity contribution is 5.69. The van der Waals surface area contributed by atoms with E-state index in [-0.39, 0.29) is 23.6 Å². The van der Waals surface area contributed by atoms with E-state index >= 15 is 0 Å². The first-order valence-electron chi connectivity index (χ1n) is 7.97. The summed E-state index contributed by atoms with van der Waals surface area (Å²) in [6, 6.07) is 4.87. The molecule has 0 aromatic heterocycles. The second kappa shape index (κ2) is 7.08. The van der Waals surface area contributed by atoms with E-state index in [1.165, 1.54) is 12.1 Å². The van der Waals surface area contributed by atoms with Crippen molar-refractivity contribution in [2.75, 3.05) is 13.1 Å². The molecule has 6 nitrogen and oxygen atoms in total. The van der Waals surface area contributed by atoms with Gasteiger partial charge in [-0.1, -0.05) is 6.07 Å². The van der Waals surface area contributed by atoms with E-state index < -0.39 is 5.60 Å². The van der Waals surface area contributed by atoms with Crippen LogP contribution in [0.3, 0.4) is 0 Å². The number of amides is 1. The van der Waals surface area contributed by atoms with Crippen LogP contribution in [0.2, 0.25) is 0 Å². The van der Waals surface area contributed by atoms with Gasteiger partial charge in [0.05, 0.1) is 0 Å². The summed E-state index contributed by atoms with van der Waals surface area (Å²) in [5.74, 6) is -0.249. The molecule has 1 aromatic rings. The Morgan fingerprint density at radius 1 is 1.35 bits per heavy atom. The van der Waals surface area contributed by atoms with Gasteiger partial charge in [-0.05, 0) is 51.3 Å². The van der Waals surface area contributed by atoms with E-state index in [0.29, 0.717) is 13.1 Å². The van der Waals surface area contributed by atoms with Crippen LogP contribution in [0.5, 0.6) is 11.5 Å². The van der Waals surface area contributed by atoms with E-state index in [0.717, 1.165) is 24.9 Å². The number of phenolic OH excluding ortho intramolecular Hbond substituents is 2. The van der Waals surface area contributed by atoms with Gasteiger partial charge in [-0.2, -0.15) is 0 Å². The number of carbonyl (C=O) groups excluding carboxylic acids is 1. The number of nitrogens with one attached hydrogen (secondary N) is 1. The molecule has 0 radical (unpaired) electrons. The van der Waals surface area contributed by atoms with E-state index in [2.05, 4.69) is 5.32 Å². The van der Waals surface area contributed by atoms with Crippen molar-refractivity contribution in [3.05, 3.63) is 23.8 Å². The fourth-order valence-electron chi connectivity index (χ4n) is 2.67. The summed E-state index contributed by atoms with van der Waals surface area (Å²) in [5.41, 5.74) is 0.392. The Labute approximate surface area is 137 Å². The van der Waals surface area contributed by atoms with Crippen molar-refractivity contribution >= 4 is 6.09 Å². The van der Waals surface area contributed by atoms with Crippen LogP contribution in [-0.4, -0.2) is 45.9 Å². The molecule has 1 amide bonds. The number of likely N-dealkylation sites (tertiary alicyclic amines) is 1. The standard InChI is InChI=1S/C17H26N2O4/c1-17(2,3)23-16(22)19-8-4-5-13(19)11-18-10-12-6-7-14(20)15(21)9-12/h6-7,9,13,18,20-21H,4-5,8,10-11H2,1-3H3.